The van der Waals surface area contributed by atoms with Crippen LogP contribution >= 0.6 is 11.6 Å². The van der Waals surface area contributed by atoms with Crippen molar-refractivity contribution in [3.8, 4) is 0 Å². The van der Waals surface area contributed by atoms with Crippen LogP contribution in [0.5, 0.6) is 0 Å². The Kier molecular flexibility index (Phi) is 5.96. The Bertz CT molecular complexity index is 555. The third kappa shape index (κ3) is 5.59. The Morgan fingerprint density at radius 3 is 2.52 bits per heavy atom. The number of alkyl halides is 1. The van der Waals surface area contributed by atoms with E-state index in [0.29, 0.717) is 24.5 Å². The zero-order valence-corrected chi connectivity index (χ0v) is 11.5. The molecule has 1 aromatic rings. The minimum atomic E-state index is -6.00. The molecule has 0 fully saturated rings. The zero-order valence-electron chi connectivity index (χ0n) is 10.8. The molecule has 4 nitrogen and oxygen atoms in total. The van der Waals surface area contributed by atoms with E-state index in [9.17, 15) is 22.1 Å². The van der Waals surface area contributed by atoms with Crippen molar-refractivity contribution in [2.75, 3.05) is 17.3 Å². The highest BCUT2D eigenvalue weighted by Gasteiger charge is 2.26. The fourth-order valence-corrected chi connectivity index (χ4v) is 2.07. The number of diazo groups is 1. The van der Waals surface area contributed by atoms with E-state index < -0.39 is 7.25 Å². The molecule has 0 spiro atoms. The Morgan fingerprint density at radius 1 is 1.38 bits per heavy atom. The summed E-state index contributed by atoms with van der Waals surface area (Å²) in [7, 11) is -6.00. The van der Waals surface area contributed by atoms with E-state index in [0.717, 1.165) is 17.7 Å². The molecular weight excluding hydrogens is 312 g/mol. The molecule has 0 radical (unpaired) electrons. The van der Waals surface area contributed by atoms with Crippen molar-refractivity contribution in [2.45, 2.75) is 12.8 Å². The lowest BCUT2D eigenvalue weighted by atomic mass is 10.1. The van der Waals surface area contributed by atoms with Gasteiger partial charge in [0, 0.05) is 24.9 Å². The molecule has 0 unspecified atom stereocenters. The standard InChI is InChI=1S/C11H11ClN3O.BF4/c12-5-3-11(16)15-6-4-8-1-2-9(14-13)7-10(8)15;2-1(3,4)5/h1-2,7H,3-6H2;/q+1;-1. The number of carbonyl (C=O) groups is 1. The molecule has 1 amide bonds. The number of benzene rings is 1. The summed E-state index contributed by atoms with van der Waals surface area (Å²) >= 11 is 5.55. The number of anilines is 1. The second kappa shape index (κ2) is 7.27. The molecule has 2 rings (SSSR count). The lowest BCUT2D eigenvalue weighted by Gasteiger charge is -2.15. The van der Waals surface area contributed by atoms with Gasteiger partial charge in [-0.25, -0.2) is 0 Å². The number of hydrogen-bond donors (Lipinski definition) is 0. The largest absolute Gasteiger partial charge is 0.673 e. The van der Waals surface area contributed by atoms with Crippen molar-refractivity contribution >= 4 is 36.1 Å². The lowest BCUT2D eigenvalue weighted by Crippen LogP contribution is -2.28. The fourth-order valence-electron chi connectivity index (χ4n) is 1.90. The maximum absolute atomic E-state index is 11.8. The highest BCUT2D eigenvalue weighted by molar-refractivity contribution is 6.50. The van der Waals surface area contributed by atoms with E-state index >= 15 is 0 Å². The van der Waals surface area contributed by atoms with Crippen molar-refractivity contribution in [1.82, 2.24) is 0 Å². The van der Waals surface area contributed by atoms with Crippen LogP contribution in [0.2, 0.25) is 0 Å². The molecule has 0 aromatic heterocycles. The van der Waals surface area contributed by atoms with Crippen molar-refractivity contribution < 1.29 is 22.1 Å². The number of fused-ring (bicyclic) bond motifs is 1. The van der Waals surface area contributed by atoms with Gasteiger partial charge in [0.25, 0.3) is 0 Å². The van der Waals surface area contributed by atoms with Gasteiger partial charge in [-0.15, -0.1) is 11.6 Å². The van der Waals surface area contributed by atoms with E-state index in [1.165, 1.54) is 0 Å². The Labute approximate surface area is 123 Å². The molecule has 0 atom stereocenters. The van der Waals surface area contributed by atoms with Gasteiger partial charge in [0.05, 0.1) is 11.8 Å². The van der Waals surface area contributed by atoms with Crippen LogP contribution in [0.1, 0.15) is 12.0 Å². The summed E-state index contributed by atoms with van der Waals surface area (Å²) in [5, 5.41) is 8.70. The van der Waals surface area contributed by atoms with Gasteiger partial charge in [0.2, 0.25) is 11.3 Å². The topological polar surface area (TPSA) is 48.5 Å². The second-order valence-electron chi connectivity index (χ2n) is 4.14. The summed E-state index contributed by atoms with van der Waals surface area (Å²) in [6.45, 7) is 0.680. The monoisotopic (exact) mass is 323 g/mol. The van der Waals surface area contributed by atoms with Crippen molar-refractivity contribution in [3.63, 3.8) is 0 Å². The number of halogens is 5. The van der Waals surface area contributed by atoms with Gasteiger partial charge < -0.3 is 22.2 Å². The summed E-state index contributed by atoms with van der Waals surface area (Å²) < 4.78 is 39.0. The first-order valence-corrected chi connectivity index (χ1v) is 6.51. The number of rotatable bonds is 2. The van der Waals surface area contributed by atoms with Gasteiger partial charge >= 0.3 is 12.9 Å². The summed E-state index contributed by atoms with van der Waals surface area (Å²) in [6, 6.07) is 5.33. The highest BCUT2D eigenvalue weighted by atomic mass is 35.5. The molecule has 114 valence electrons. The van der Waals surface area contributed by atoms with Gasteiger partial charge in [-0.1, -0.05) is 0 Å². The minimum absolute atomic E-state index is 0.0174. The molecular formula is C11H11BClF4N3O. The van der Waals surface area contributed by atoms with Crippen LogP contribution in [0.15, 0.2) is 18.2 Å². The first-order chi connectivity index (χ1) is 9.76. The lowest BCUT2D eigenvalue weighted by molar-refractivity contribution is -0.118. The van der Waals surface area contributed by atoms with E-state index in [4.69, 9.17) is 17.0 Å². The molecule has 0 aliphatic carbocycles. The maximum Gasteiger partial charge on any atom is 0.673 e. The maximum atomic E-state index is 11.8. The number of amides is 1. The van der Waals surface area contributed by atoms with Crippen molar-refractivity contribution in [2.24, 2.45) is 0 Å². The smallest absolute Gasteiger partial charge is 0.418 e. The summed E-state index contributed by atoms with van der Waals surface area (Å²) in [4.78, 5) is 16.6. The van der Waals surface area contributed by atoms with Gasteiger partial charge in [-0.3, -0.25) is 4.79 Å². The minimum Gasteiger partial charge on any atom is -0.418 e. The molecule has 0 N–H and O–H groups in total. The van der Waals surface area contributed by atoms with Crippen LogP contribution in [0, 0.1) is 5.39 Å². The molecule has 21 heavy (non-hydrogen) atoms. The Morgan fingerprint density at radius 2 is 2.00 bits per heavy atom. The number of carbonyl (C=O) groups excluding carboxylic acids is 1. The van der Waals surface area contributed by atoms with E-state index in [1.54, 1.807) is 17.0 Å². The average Bonchev–Trinajstić information content (AvgIpc) is 2.79. The predicted molar refractivity (Wildman–Crippen MR) is 72.8 cm³/mol. The third-order valence-corrected chi connectivity index (χ3v) is 2.88. The Hall–Kier alpha value is -1.82. The molecule has 1 aliphatic heterocycles. The molecule has 1 heterocycles. The van der Waals surface area contributed by atoms with Gasteiger partial charge in [-0.05, 0) is 18.1 Å². The van der Waals surface area contributed by atoms with Crippen LogP contribution in [-0.2, 0) is 11.2 Å². The van der Waals surface area contributed by atoms with Crippen LogP contribution in [0.25, 0.3) is 4.98 Å². The molecule has 0 bridgehead atoms. The summed E-state index contributed by atoms with van der Waals surface area (Å²) in [6.07, 6.45) is 1.18. The normalized spacial score (nSPS) is 13.0. The fraction of sp³-hybridized carbons (Fsp3) is 0.364. The van der Waals surface area contributed by atoms with Gasteiger partial charge in [-0.2, -0.15) is 0 Å². The summed E-state index contributed by atoms with van der Waals surface area (Å²) in [5.41, 5.74) is 2.41. The third-order valence-electron chi connectivity index (χ3n) is 2.69. The van der Waals surface area contributed by atoms with Crippen molar-refractivity contribution in [3.05, 3.63) is 28.7 Å². The molecule has 0 saturated heterocycles. The van der Waals surface area contributed by atoms with Crippen LogP contribution in [0.4, 0.5) is 28.6 Å². The molecule has 1 aliphatic rings. The van der Waals surface area contributed by atoms with E-state index in [2.05, 4.69) is 4.98 Å². The summed E-state index contributed by atoms with van der Waals surface area (Å²) in [5.74, 6) is 0.346. The highest BCUT2D eigenvalue weighted by Crippen LogP contribution is 2.32. The molecule has 1 aromatic carbocycles. The van der Waals surface area contributed by atoms with Gasteiger partial charge in [0.15, 0.2) is 4.98 Å². The Balaban J connectivity index is 0.000000383. The quantitative estimate of drug-likeness (QED) is 0.357. The van der Waals surface area contributed by atoms with Crippen LogP contribution in [0.3, 0.4) is 0 Å². The number of hydrogen-bond acceptors (Lipinski definition) is 2. The van der Waals surface area contributed by atoms with Crippen LogP contribution < -0.4 is 4.90 Å². The zero-order chi connectivity index (χ0) is 16.0. The van der Waals surface area contributed by atoms with Crippen molar-refractivity contribution in [1.29, 1.82) is 5.39 Å². The second-order valence-corrected chi connectivity index (χ2v) is 4.52. The SMILES string of the molecule is F[B-](F)(F)F.N#[N+]c1ccc2c(c1)N(C(=O)CCCl)CC2. The molecule has 0 saturated carbocycles. The van der Waals surface area contributed by atoms with E-state index in [1.807, 2.05) is 6.07 Å². The first-order valence-electron chi connectivity index (χ1n) is 5.98. The van der Waals surface area contributed by atoms with E-state index in [-0.39, 0.29) is 5.91 Å². The van der Waals surface area contributed by atoms with Gasteiger partial charge in [0.1, 0.15) is 0 Å². The average molecular weight is 323 g/mol. The number of nitrogens with zero attached hydrogens (tertiary/aromatic N) is 3. The predicted octanol–water partition coefficient (Wildman–Crippen LogP) is 3.99. The molecule has 10 heteroatoms. The first kappa shape index (κ1) is 17.2. The van der Waals surface area contributed by atoms with Crippen LogP contribution in [-0.4, -0.2) is 25.6 Å².